The van der Waals surface area contributed by atoms with Gasteiger partial charge < -0.3 is 9.52 Å². The van der Waals surface area contributed by atoms with Crippen molar-refractivity contribution in [3.8, 4) is 11.3 Å². The Kier molecular flexibility index (Phi) is 10.8. The number of rotatable bonds is 6. The summed E-state index contributed by atoms with van der Waals surface area (Å²) in [6.07, 6.45) is 11.2. The molecule has 2 aliphatic rings. The van der Waals surface area contributed by atoms with Crippen molar-refractivity contribution in [1.29, 1.82) is 0 Å². The number of nitrogens with zero attached hydrogens (tertiary/aromatic N) is 2. The van der Waals surface area contributed by atoms with Crippen molar-refractivity contribution in [2.75, 3.05) is 0 Å². The fourth-order valence-corrected chi connectivity index (χ4v) is 6.40. The van der Waals surface area contributed by atoms with Gasteiger partial charge in [0.2, 0.25) is 5.71 Å². The van der Waals surface area contributed by atoms with Crippen molar-refractivity contribution in [3.05, 3.63) is 58.8 Å². The molecule has 0 aliphatic heterocycles. The number of allylic oxidation sites excluding steroid dienone is 2. The van der Waals surface area contributed by atoms with Crippen LogP contribution in [0.5, 0.6) is 0 Å². The minimum atomic E-state index is 0. The Hall–Kier alpha value is -2.30. The Morgan fingerprint density at radius 1 is 1.07 bits per heavy atom. The van der Waals surface area contributed by atoms with Gasteiger partial charge in [-0.05, 0) is 41.1 Å². The molecule has 1 spiro atoms. The first-order valence-corrected chi connectivity index (χ1v) is 15.0. The number of ketones is 1. The summed E-state index contributed by atoms with van der Waals surface area (Å²) in [6.45, 7) is 17.0. The van der Waals surface area contributed by atoms with Gasteiger partial charge in [-0.1, -0.05) is 74.7 Å². The fourth-order valence-electron chi connectivity index (χ4n) is 6.40. The number of benzene rings is 1. The molecule has 1 radical (unpaired) electrons. The molecule has 1 N–H and O–H groups in total. The Morgan fingerprint density at radius 2 is 1.73 bits per heavy atom. The summed E-state index contributed by atoms with van der Waals surface area (Å²) in [5.74, 6) is 2.10. The maximum absolute atomic E-state index is 11.2. The van der Waals surface area contributed by atoms with Gasteiger partial charge in [-0.2, -0.15) is 0 Å². The number of fused-ring (bicyclic) bond motifs is 4. The van der Waals surface area contributed by atoms with E-state index in [9.17, 15) is 9.90 Å². The first-order chi connectivity index (χ1) is 18.8. The van der Waals surface area contributed by atoms with Gasteiger partial charge in [-0.25, -0.2) is 4.98 Å². The van der Waals surface area contributed by atoms with Crippen LogP contribution in [0.1, 0.15) is 116 Å². The Labute approximate surface area is 260 Å². The number of carbonyl (C=O) groups excluding carboxylic acids is 1. The second-order valence-electron chi connectivity index (χ2n) is 13.9. The number of carbonyl (C=O) groups is 1. The van der Waals surface area contributed by atoms with E-state index in [2.05, 4.69) is 50.9 Å². The first-order valence-electron chi connectivity index (χ1n) is 15.0. The molecular formula is C35H47IrN2O3-. The SMILES string of the molecule is CC(C)CC(=O)/C=C(\O)CC(C)C.Cc1[c-]c2c(cc1)C1(CCCCC1)c1c(CC(C)(C)C)oc3ncnc-2c13.[Ir]. The molecule has 0 amide bonds. The van der Waals surface area contributed by atoms with E-state index < -0.39 is 0 Å². The second-order valence-corrected chi connectivity index (χ2v) is 13.9. The number of aryl methyl sites for hydroxylation is 1. The molecule has 0 atom stereocenters. The van der Waals surface area contributed by atoms with Crippen LogP contribution in [-0.2, 0) is 36.7 Å². The Bertz CT molecular complexity index is 1390. The van der Waals surface area contributed by atoms with E-state index in [0.717, 1.165) is 34.5 Å². The van der Waals surface area contributed by atoms with Crippen molar-refractivity contribution in [2.45, 2.75) is 112 Å². The number of furan rings is 1. The molecule has 225 valence electrons. The average Bonchev–Trinajstić information content (AvgIpc) is 3.20. The van der Waals surface area contributed by atoms with E-state index in [1.165, 1.54) is 54.9 Å². The number of aliphatic hydroxyl groups excluding tert-OH is 1. The predicted molar refractivity (Wildman–Crippen MR) is 162 cm³/mol. The number of hydrogen-bond donors (Lipinski definition) is 1. The van der Waals surface area contributed by atoms with E-state index in [-0.39, 0.29) is 42.5 Å². The molecule has 2 heterocycles. The smallest absolute Gasteiger partial charge is 0.220 e. The van der Waals surface area contributed by atoms with Crippen LogP contribution in [0, 0.1) is 30.2 Å². The summed E-state index contributed by atoms with van der Waals surface area (Å²) in [4.78, 5) is 20.4. The second kappa shape index (κ2) is 13.3. The largest absolute Gasteiger partial charge is 0.512 e. The quantitative estimate of drug-likeness (QED) is 0.155. The molecule has 6 heteroatoms. The minimum Gasteiger partial charge on any atom is -0.512 e. The van der Waals surface area contributed by atoms with Crippen LogP contribution in [0.2, 0.25) is 0 Å². The summed E-state index contributed by atoms with van der Waals surface area (Å²) in [5.41, 5.74) is 7.06. The number of hydrogen-bond acceptors (Lipinski definition) is 5. The maximum Gasteiger partial charge on any atom is 0.220 e. The van der Waals surface area contributed by atoms with Crippen molar-refractivity contribution in [2.24, 2.45) is 17.3 Å². The zero-order chi connectivity index (χ0) is 29.2. The van der Waals surface area contributed by atoms with Crippen molar-refractivity contribution >= 4 is 16.9 Å². The molecule has 1 fully saturated rings. The van der Waals surface area contributed by atoms with Gasteiger partial charge in [0, 0.05) is 56.5 Å². The average molecular weight is 736 g/mol. The summed E-state index contributed by atoms with van der Waals surface area (Å²) in [6, 6.07) is 8.17. The van der Waals surface area contributed by atoms with Gasteiger partial charge in [0.1, 0.15) is 12.1 Å². The molecule has 41 heavy (non-hydrogen) atoms. The van der Waals surface area contributed by atoms with Crippen molar-refractivity contribution in [1.82, 2.24) is 9.97 Å². The monoisotopic (exact) mass is 736 g/mol. The summed E-state index contributed by atoms with van der Waals surface area (Å²) in [7, 11) is 0. The van der Waals surface area contributed by atoms with Crippen LogP contribution in [0.3, 0.4) is 0 Å². The van der Waals surface area contributed by atoms with E-state index >= 15 is 0 Å². The van der Waals surface area contributed by atoms with Gasteiger partial charge in [-0.15, -0.1) is 34.9 Å². The molecule has 3 aromatic rings. The molecule has 2 aromatic heterocycles. The molecule has 1 aromatic carbocycles. The molecule has 1 saturated carbocycles. The van der Waals surface area contributed by atoms with Crippen LogP contribution >= 0.6 is 0 Å². The molecule has 5 nitrogen and oxygen atoms in total. The zero-order valence-corrected chi connectivity index (χ0v) is 28.5. The predicted octanol–water partition coefficient (Wildman–Crippen LogP) is 9.24. The topological polar surface area (TPSA) is 76.2 Å². The molecule has 5 rings (SSSR count). The van der Waals surface area contributed by atoms with Crippen LogP contribution in [0.15, 0.2) is 34.7 Å². The van der Waals surface area contributed by atoms with E-state index in [1.54, 1.807) is 6.33 Å². The van der Waals surface area contributed by atoms with Gasteiger partial charge >= 0.3 is 0 Å². The molecule has 0 unspecified atom stereocenters. The van der Waals surface area contributed by atoms with Crippen molar-refractivity contribution in [3.63, 3.8) is 0 Å². The third kappa shape index (κ3) is 7.56. The number of aromatic nitrogens is 2. The van der Waals surface area contributed by atoms with Gasteiger partial charge in [0.25, 0.3) is 0 Å². The zero-order valence-electron chi connectivity index (χ0n) is 26.1. The summed E-state index contributed by atoms with van der Waals surface area (Å²) < 4.78 is 6.41. The van der Waals surface area contributed by atoms with Crippen LogP contribution in [0.25, 0.3) is 22.4 Å². The van der Waals surface area contributed by atoms with Crippen molar-refractivity contribution < 1.29 is 34.4 Å². The third-order valence-corrected chi connectivity index (χ3v) is 7.84. The van der Waals surface area contributed by atoms with E-state index in [0.29, 0.717) is 24.7 Å². The minimum absolute atomic E-state index is 0. The summed E-state index contributed by atoms with van der Waals surface area (Å²) in [5, 5.41) is 10.5. The molecular weight excluding hydrogens is 689 g/mol. The van der Waals surface area contributed by atoms with Crippen LogP contribution < -0.4 is 0 Å². The fraction of sp³-hybridized carbons (Fsp3) is 0.571. The standard InChI is InChI=1S/C24H27N2O.C11H20O2.Ir/c1-15-8-9-17-16(12-15)21-19-20(24(17)10-6-5-7-11-24)18(13-23(2,3)4)27-22(19)26-14-25-21;1-8(2)5-10(12)7-11(13)6-9(3)4;/h8-9,14H,5-7,10-11,13H2,1-4H3;7-9,12H,5-6H2,1-4H3;/q-1;;/b;10-7-;. The van der Waals surface area contributed by atoms with Crippen LogP contribution in [-0.4, -0.2) is 20.9 Å². The normalized spacial score (nSPS) is 15.9. The Balaban J connectivity index is 0.000000284. The van der Waals surface area contributed by atoms with Gasteiger partial charge in [-0.3, -0.25) is 9.78 Å². The molecule has 0 saturated heterocycles. The summed E-state index contributed by atoms with van der Waals surface area (Å²) >= 11 is 0. The number of aliphatic hydroxyl groups is 1. The van der Waals surface area contributed by atoms with Crippen LogP contribution in [0.4, 0.5) is 0 Å². The first kappa shape index (κ1) is 33.2. The third-order valence-electron chi connectivity index (χ3n) is 7.84. The van der Waals surface area contributed by atoms with Gasteiger partial charge in [0.15, 0.2) is 5.78 Å². The molecule has 0 bridgehead atoms. The van der Waals surface area contributed by atoms with E-state index in [4.69, 9.17) is 9.40 Å². The maximum atomic E-state index is 11.2. The van der Waals surface area contributed by atoms with E-state index in [1.807, 2.05) is 27.7 Å². The molecule has 2 aliphatic carbocycles. The van der Waals surface area contributed by atoms with Gasteiger partial charge in [0.05, 0.1) is 5.76 Å². The Morgan fingerprint density at radius 3 is 2.34 bits per heavy atom.